The average molecular weight is 597 g/mol. The molecule has 0 radical (unpaired) electrons. The summed E-state index contributed by atoms with van der Waals surface area (Å²) in [6, 6.07) is 17.3. The van der Waals surface area contributed by atoms with Crippen LogP contribution in [-0.4, -0.2) is 21.6 Å². The van der Waals surface area contributed by atoms with Crippen LogP contribution in [0.1, 0.15) is 51.7 Å². The average Bonchev–Trinajstić information content (AvgIpc) is 3.51. The van der Waals surface area contributed by atoms with Gasteiger partial charge in [0.2, 0.25) is 0 Å². The van der Waals surface area contributed by atoms with Crippen molar-refractivity contribution in [3.63, 3.8) is 0 Å². The van der Waals surface area contributed by atoms with Gasteiger partial charge in [0.25, 0.3) is 5.91 Å². The van der Waals surface area contributed by atoms with Crippen LogP contribution < -0.4 is 56.7 Å². The quantitative estimate of drug-likeness (QED) is 0.333. The van der Waals surface area contributed by atoms with E-state index in [-0.39, 0.29) is 70.8 Å². The zero-order valence-corrected chi connectivity index (χ0v) is 24.5. The van der Waals surface area contributed by atoms with Gasteiger partial charge in [-0.25, -0.2) is 4.79 Å². The van der Waals surface area contributed by atoms with E-state index < -0.39 is 23.2 Å². The van der Waals surface area contributed by atoms with Crippen molar-refractivity contribution >= 4 is 38.7 Å². The van der Waals surface area contributed by atoms with Gasteiger partial charge in [0.1, 0.15) is 0 Å². The van der Waals surface area contributed by atoms with E-state index in [2.05, 4.69) is 21.2 Å². The Morgan fingerprint density at radius 3 is 2.35 bits per heavy atom. The number of para-hydroxylation sites is 1. The molecule has 1 heterocycles. The Labute approximate surface area is 263 Å². The number of benzene rings is 3. The zero-order chi connectivity index (χ0) is 25.7. The molecule has 0 spiro atoms. The molecule has 2 N–H and O–H groups in total. The number of hydrogen-bond donors (Lipinski definition) is 2. The van der Waals surface area contributed by atoms with E-state index >= 15 is 0 Å². The molecular formula is C27H21BrF3KN2O3. The van der Waals surface area contributed by atoms with Gasteiger partial charge >= 0.3 is 63.5 Å². The smallest absolute Gasteiger partial charge is 1.00 e. The topological polar surface area (TPSA) is 71.3 Å². The van der Waals surface area contributed by atoms with Crippen LogP contribution in [0.5, 0.6) is 0 Å². The standard InChI is InChI=1S/C27H20BrF3N2O3.K.H/c28-22-14-20(27(29,30)31)9-6-18(22)15-33-13-10-16-2-1-3-21(23(16)33)24(34)32-26(11-12-26)19-7-4-17(5-8-19)25(35)36;;/h1-10,13-14H,11-12,15H2,(H,32,34)(H,35,36);;/q;+1;-1. The van der Waals surface area contributed by atoms with E-state index in [0.717, 1.165) is 35.9 Å². The summed E-state index contributed by atoms with van der Waals surface area (Å²) in [5.41, 5.74) is 1.52. The number of nitrogens with one attached hydrogen (secondary N) is 1. The minimum Gasteiger partial charge on any atom is -1.00 e. The molecule has 10 heteroatoms. The molecule has 4 aromatic rings. The van der Waals surface area contributed by atoms with Gasteiger partial charge in [0.15, 0.2) is 0 Å². The van der Waals surface area contributed by atoms with E-state index in [0.29, 0.717) is 21.1 Å². The predicted molar refractivity (Wildman–Crippen MR) is 133 cm³/mol. The maximum Gasteiger partial charge on any atom is 1.00 e. The molecule has 1 aliphatic rings. The monoisotopic (exact) mass is 596 g/mol. The van der Waals surface area contributed by atoms with Gasteiger partial charge in [-0.05, 0) is 60.4 Å². The number of amides is 1. The first-order valence-corrected chi connectivity index (χ1v) is 12.0. The van der Waals surface area contributed by atoms with Crippen LogP contribution in [0.15, 0.2) is 77.4 Å². The summed E-state index contributed by atoms with van der Waals surface area (Å²) in [6.07, 6.45) is -1.15. The molecule has 0 bridgehead atoms. The maximum absolute atomic E-state index is 13.4. The molecule has 186 valence electrons. The third-order valence-corrected chi connectivity index (χ3v) is 7.28. The molecule has 1 aliphatic carbocycles. The van der Waals surface area contributed by atoms with Crippen molar-refractivity contribution in [1.29, 1.82) is 0 Å². The van der Waals surface area contributed by atoms with Crippen molar-refractivity contribution in [1.82, 2.24) is 9.88 Å². The molecule has 1 amide bonds. The molecule has 37 heavy (non-hydrogen) atoms. The van der Waals surface area contributed by atoms with Crippen LogP contribution in [0.4, 0.5) is 13.2 Å². The minimum atomic E-state index is -4.43. The van der Waals surface area contributed by atoms with Crippen LogP contribution in [0.3, 0.4) is 0 Å². The third-order valence-electron chi connectivity index (χ3n) is 6.54. The Morgan fingerprint density at radius 1 is 1.05 bits per heavy atom. The third kappa shape index (κ3) is 5.74. The van der Waals surface area contributed by atoms with Gasteiger partial charge in [0.05, 0.1) is 27.7 Å². The van der Waals surface area contributed by atoms with Gasteiger partial charge in [-0.2, -0.15) is 13.2 Å². The fraction of sp³-hybridized carbons (Fsp3) is 0.185. The van der Waals surface area contributed by atoms with Crippen molar-refractivity contribution in [2.45, 2.75) is 31.1 Å². The Balaban J connectivity index is 0.00000200. The largest absolute Gasteiger partial charge is 1.00 e. The molecule has 0 unspecified atom stereocenters. The van der Waals surface area contributed by atoms with Gasteiger partial charge in [-0.1, -0.05) is 46.3 Å². The first kappa shape index (κ1) is 28.1. The zero-order valence-electron chi connectivity index (χ0n) is 20.8. The summed E-state index contributed by atoms with van der Waals surface area (Å²) >= 11 is 3.26. The van der Waals surface area contributed by atoms with Crippen LogP contribution in [0.2, 0.25) is 0 Å². The van der Waals surface area contributed by atoms with E-state index in [1.165, 1.54) is 18.2 Å². The number of aromatic nitrogens is 1. The summed E-state index contributed by atoms with van der Waals surface area (Å²) in [4.78, 5) is 24.6. The Kier molecular flexibility index (Phi) is 8.09. The number of rotatable bonds is 6. The number of aromatic carboxylic acids is 1. The number of carboxylic acids is 1. The van der Waals surface area contributed by atoms with Crippen molar-refractivity contribution in [3.05, 3.63) is 105 Å². The van der Waals surface area contributed by atoms with Crippen LogP contribution in [-0.2, 0) is 18.3 Å². The van der Waals surface area contributed by atoms with E-state index in [4.69, 9.17) is 5.11 Å². The van der Waals surface area contributed by atoms with E-state index in [1.54, 1.807) is 24.3 Å². The van der Waals surface area contributed by atoms with E-state index in [1.807, 2.05) is 22.9 Å². The van der Waals surface area contributed by atoms with Crippen LogP contribution in [0, 0.1) is 0 Å². The molecule has 3 aromatic carbocycles. The van der Waals surface area contributed by atoms with Crippen molar-refractivity contribution in [2.75, 3.05) is 0 Å². The number of alkyl halides is 3. The van der Waals surface area contributed by atoms with E-state index in [9.17, 15) is 22.8 Å². The normalized spacial score (nSPS) is 14.2. The van der Waals surface area contributed by atoms with Gasteiger partial charge in [0, 0.05) is 22.6 Å². The fourth-order valence-electron chi connectivity index (χ4n) is 4.44. The van der Waals surface area contributed by atoms with Crippen LogP contribution in [0.25, 0.3) is 10.9 Å². The Morgan fingerprint density at radius 2 is 1.76 bits per heavy atom. The summed E-state index contributed by atoms with van der Waals surface area (Å²) in [5.74, 6) is -1.28. The summed E-state index contributed by atoms with van der Waals surface area (Å²) in [7, 11) is 0. The SMILES string of the molecule is O=C(O)c1ccc(C2(NC(=O)c3cccc4ccn(Cc5ccc(C(F)(F)F)cc5Br)c34)CC2)cc1.[H-].[K+]. The number of carboxylic acid groups (broad SMARTS) is 1. The molecule has 1 aromatic heterocycles. The molecule has 0 atom stereocenters. The van der Waals surface area contributed by atoms with Crippen molar-refractivity contribution < 1.29 is 80.7 Å². The predicted octanol–water partition coefficient (Wildman–Crippen LogP) is 3.70. The first-order valence-electron chi connectivity index (χ1n) is 11.2. The number of carbonyl (C=O) groups excluding carboxylic acids is 1. The number of halogens is 4. The van der Waals surface area contributed by atoms with Crippen molar-refractivity contribution in [3.8, 4) is 0 Å². The molecule has 5 nitrogen and oxygen atoms in total. The molecule has 1 fully saturated rings. The number of carbonyl (C=O) groups is 2. The molecule has 5 rings (SSSR count). The summed E-state index contributed by atoms with van der Waals surface area (Å²) < 4.78 is 41.3. The first-order chi connectivity index (χ1) is 17.1. The molecule has 1 saturated carbocycles. The number of nitrogens with zero attached hydrogens (tertiary/aromatic N) is 1. The Hall–Kier alpha value is -1.95. The van der Waals surface area contributed by atoms with Gasteiger partial charge < -0.3 is 16.4 Å². The van der Waals surface area contributed by atoms with Crippen molar-refractivity contribution in [2.24, 2.45) is 0 Å². The summed E-state index contributed by atoms with van der Waals surface area (Å²) in [5, 5.41) is 13.1. The number of hydrogen-bond acceptors (Lipinski definition) is 2. The fourth-order valence-corrected chi connectivity index (χ4v) is 4.94. The summed E-state index contributed by atoms with van der Waals surface area (Å²) in [6.45, 7) is 0.272. The molecule has 0 aliphatic heterocycles. The second kappa shape index (κ2) is 10.7. The van der Waals surface area contributed by atoms with Crippen LogP contribution >= 0.6 is 15.9 Å². The minimum absolute atomic E-state index is 0. The Bertz CT molecular complexity index is 1500. The van der Waals surface area contributed by atoms with Gasteiger partial charge in [-0.15, -0.1) is 0 Å². The number of fused-ring (bicyclic) bond motifs is 1. The second-order valence-corrected chi connectivity index (χ2v) is 9.76. The molecule has 0 saturated heterocycles. The van der Waals surface area contributed by atoms with Gasteiger partial charge in [-0.3, -0.25) is 4.79 Å². The second-order valence-electron chi connectivity index (χ2n) is 8.91. The molecular weight excluding hydrogens is 576 g/mol. The maximum atomic E-state index is 13.4.